The van der Waals surface area contributed by atoms with E-state index in [4.69, 9.17) is 23.7 Å². The van der Waals surface area contributed by atoms with Crippen LogP contribution in [0.3, 0.4) is 0 Å². The molecule has 25 nitrogen and oxygen atoms in total. The van der Waals surface area contributed by atoms with Crippen molar-refractivity contribution in [2.75, 3.05) is 78.8 Å². The number of rotatable bonds is 32. The van der Waals surface area contributed by atoms with Crippen LogP contribution in [0.2, 0.25) is 0 Å². The summed E-state index contributed by atoms with van der Waals surface area (Å²) in [5, 5.41) is 91.3. The molecule has 1 aromatic rings. The van der Waals surface area contributed by atoms with E-state index < -0.39 is 118 Å². The number of benzene rings is 1. The molecule has 2 saturated heterocycles. The predicted octanol–water partition coefficient (Wildman–Crippen LogP) is -5.00. The van der Waals surface area contributed by atoms with Crippen molar-refractivity contribution in [2.45, 2.75) is 119 Å². The fourth-order valence-electron chi connectivity index (χ4n) is 6.82. The molecule has 0 saturated carbocycles. The van der Waals surface area contributed by atoms with Gasteiger partial charge in [-0.1, -0.05) is 43.2 Å². The van der Waals surface area contributed by atoms with Crippen LogP contribution >= 0.6 is 0 Å². The van der Waals surface area contributed by atoms with Crippen molar-refractivity contribution in [1.29, 1.82) is 0 Å². The van der Waals surface area contributed by atoms with Crippen LogP contribution in [-0.2, 0) is 54.3 Å². The first-order valence-corrected chi connectivity index (χ1v) is 22.7. The number of unbranched alkanes of at least 4 members (excludes halogenated alkanes) is 4. The Morgan fingerprint density at radius 2 is 1.07 bits per heavy atom. The number of alkyl carbamates (subject to hydrolysis) is 1. The Morgan fingerprint density at radius 3 is 1.62 bits per heavy atom. The molecular weight excluding hydrogens is 904 g/mol. The van der Waals surface area contributed by atoms with E-state index in [0.29, 0.717) is 38.5 Å². The van der Waals surface area contributed by atoms with Gasteiger partial charge in [0.05, 0.1) is 33.0 Å². The number of carbonyl (C=O) groups is 6. The summed E-state index contributed by atoms with van der Waals surface area (Å²) < 4.78 is 26.4. The third kappa shape index (κ3) is 21.4. The van der Waals surface area contributed by atoms with Crippen molar-refractivity contribution in [3.05, 3.63) is 35.9 Å². The van der Waals surface area contributed by atoms with Crippen molar-refractivity contribution < 1.29 is 93.3 Å². The third-order valence-electron chi connectivity index (χ3n) is 10.8. The number of aliphatic hydroxyl groups is 8. The Bertz CT molecular complexity index is 1660. The van der Waals surface area contributed by atoms with Gasteiger partial charge in [0.1, 0.15) is 80.9 Å². The molecule has 25 heteroatoms. The number of hydrogen-bond acceptors (Lipinski definition) is 20. The highest BCUT2D eigenvalue weighted by Crippen LogP contribution is 2.23. The van der Waals surface area contributed by atoms with Gasteiger partial charge >= 0.3 is 6.09 Å². The summed E-state index contributed by atoms with van der Waals surface area (Å²) in [6, 6.07) is 8.86. The van der Waals surface area contributed by atoms with Crippen LogP contribution < -0.4 is 26.6 Å². The second-order valence-corrected chi connectivity index (χ2v) is 16.2. The first-order valence-electron chi connectivity index (χ1n) is 22.7. The van der Waals surface area contributed by atoms with Gasteiger partial charge in [-0.2, -0.15) is 0 Å². The Labute approximate surface area is 393 Å². The summed E-state index contributed by atoms with van der Waals surface area (Å²) in [5.74, 6) is -2.19. The van der Waals surface area contributed by atoms with Crippen molar-refractivity contribution in [1.82, 2.24) is 31.5 Å². The summed E-state index contributed by atoms with van der Waals surface area (Å²) in [7, 11) is 0. The fourth-order valence-corrected chi connectivity index (χ4v) is 6.82. The molecule has 10 atom stereocenters. The number of carbonyl (C=O) groups excluding carboxylic acids is 6. The van der Waals surface area contributed by atoms with Crippen molar-refractivity contribution in [3.8, 4) is 0 Å². The summed E-state index contributed by atoms with van der Waals surface area (Å²) in [6.45, 7) is -2.06. The number of ether oxygens (including phenoxy) is 5. The number of nitrogens with zero attached hydrogens (tertiary/aromatic N) is 1. The van der Waals surface area contributed by atoms with Crippen LogP contribution in [-0.4, -0.2) is 221 Å². The maximum absolute atomic E-state index is 13.2. The van der Waals surface area contributed by atoms with Crippen molar-refractivity contribution in [3.63, 3.8) is 0 Å². The average Bonchev–Trinajstić information content (AvgIpc) is 3.33. The molecule has 0 bridgehead atoms. The smallest absolute Gasteiger partial charge is 0.407 e. The van der Waals surface area contributed by atoms with Crippen LogP contribution in [0, 0.1) is 0 Å². The van der Waals surface area contributed by atoms with E-state index in [1.807, 2.05) is 0 Å². The maximum Gasteiger partial charge on any atom is 0.407 e. The zero-order chi connectivity index (χ0) is 49.8. The summed E-state index contributed by atoms with van der Waals surface area (Å²) in [4.78, 5) is 76.7. The highest BCUT2D eigenvalue weighted by molar-refractivity contribution is 5.91. The molecule has 386 valence electrons. The number of Topliss-reactive ketones (excluding diaryl/α,β-unsaturated/α-hetero) is 1. The average molecular weight is 975 g/mol. The zero-order valence-corrected chi connectivity index (χ0v) is 38.0. The quantitative estimate of drug-likeness (QED) is 0.0301. The topological polar surface area (TPSA) is 374 Å². The van der Waals surface area contributed by atoms with Gasteiger partial charge in [0.25, 0.3) is 0 Å². The minimum absolute atomic E-state index is 0.00859. The first kappa shape index (κ1) is 57.8. The lowest BCUT2D eigenvalue weighted by molar-refractivity contribution is -0.300. The van der Waals surface area contributed by atoms with Gasteiger partial charge < -0.3 is 96.0 Å². The number of aliphatic hydroxyl groups excluding tert-OH is 8. The minimum atomic E-state index is -1.58. The Balaban J connectivity index is 1.31. The molecule has 2 fully saturated rings. The first-order chi connectivity index (χ1) is 32.6. The van der Waals surface area contributed by atoms with Gasteiger partial charge in [-0.25, -0.2) is 4.79 Å². The number of amides is 5. The van der Waals surface area contributed by atoms with Gasteiger partial charge in [0, 0.05) is 39.0 Å². The predicted molar refractivity (Wildman–Crippen MR) is 234 cm³/mol. The van der Waals surface area contributed by atoms with E-state index in [1.54, 1.807) is 30.3 Å². The number of hydrogen-bond donors (Lipinski definition) is 13. The molecule has 13 N–H and O–H groups in total. The van der Waals surface area contributed by atoms with Gasteiger partial charge in [0.15, 0.2) is 12.6 Å². The fraction of sp³-hybridized carbons (Fsp3) is 0.721. The van der Waals surface area contributed by atoms with Crippen LogP contribution in [0.4, 0.5) is 4.79 Å². The molecule has 5 amide bonds. The molecule has 2 heterocycles. The lowest BCUT2D eigenvalue weighted by Crippen LogP contribution is -2.59. The SMILES string of the molecule is O=C(CCCCCNC(=O)CN(CC(=O)NCCCCCC(=O)NCCO[C@H]1OC(CO)[C@@H](O)[C@H](O)[C@@H]1O)C(=O)CNC(=O)OCc1ccccc1)CNCCO[C@H]1OC(CO)[C@@H](O)[C@H](O)[C@@H]1O. The van der Waals surface area contributed by atoms with Crippen molar-refractivity contribution >= 4 is 35.5 Å². The molecule has 1 aromatic carbocycles. The molecule has 3 rings (SSSR count). The second kappa shape index (κ2) is 32.4. The highest BCUT2D eigenvalue weighted by Gasteiger charge is 2.45. The van der Waals surface area contributed by atoms with Gasteiger partial charge in [0.2, 0.25) is 23.6 Å². The van der Waals surface area contributed by atoms with E-state index in [2.05, 4.69) is 26.6 Å². The van der Waals surface area contributed by atoms with E-state index in [-0.39, 0.29) is 77.1 Å². The third-order valence-corrected chi connectivity index (χ3v) is 10.8. The van der Waals surface area contributed by atoms with Crippen LogP contribution in [0.25, 0.3) is 0 Å². The number of ketones is 1. The maximum atomic E-state index is 13.2. The normalized spacial score (nSPS) is 24.6. The van der Waals surface area contributed by atoms with Crippen LogP contribution in [0.1, 0.15) is 56.9 Å². The van der Waals surface area contributed by atoms with Crippen LogP contribution in [0.15, 0.2) is 30.3 Å². The Kier molecular flexibility index (Phi) is 27.5. The van der Waals surface area contributed by atoms with E-state index in [1.165, 1.54) is 0 Å². The van der Waals surface area contributed by atoms with Crippen LogP contribution in [0.5, 0.6) is 0 Å². The lowest BCUT2D eigenvalue weighted by Gasteiger charge is -2.39. The molecule has 0 aliphatic carbocycles. The van der Waals surface area contributed by atoms with Gasteiger partial charge in [-0.3, -0.25) is 24.0 Å². The summed E-state index contributed by atoms with van der Waals surface area (Å²) in [6.07, 6.45) is -11.3. The van der Waals surface area contributed by atoms with Gasteiger partial charge in [-0.05, 0) is 31.2 Å². The molecule has 2 unspecified atom stereocenters. The molecule has 0 aromatic heterocycles. The molecule has 68 heavy (non-hydrogen) atoms. The summed E-state index contributed by atoms with van der Waals surface area (Å²) >= 11 is 0. The Hall–Kier alpha value is -4.48. The highest BCUT2D eigenvalue weighted by atomic mass is 16.7. The molecule has 0 radical (unpaired) electrons. The van der Waals surface area contributed by atoms with E-state index >= 15 is 0 Å². The standard InChI is InChI=1S/C43H70N6O19/c50-24-29-35(57)37(59)39(61)41(67-29)64-18-16-44-20-28(52)12-6-2-8-14-45-32(54)22-49(34(56)21-48-43(63)66-26-27-10-4-1-5-11-27)23-33(55)46-15-9-3-7-13-31(53)47-17-19-65-42-40(62)38(60)36(58)30(25-51)68-42/h1,4-5,10-11,29-30,35-42,44,50-51,57-62H,2-3,6-9,12-26H2,(H,45,54)(H,46,55)(H,47,53)(H,48,63)/t29?,30?,35-,36-,37+,38+,39+,40+,41+,42+/m1/s1. The Morgan fingerprint density at radius 1 is 0.559 bits per heavy atom. The molecule has 2 aliphatic rings. The minimum Gasteiger partial charge on any atom is -0.445 e. The van der Waals surface area contributed by atoms with Crippen molar-refractivity contribution in [2.24, 2.45) is 0 Å². The lowest BCUT2D eigenvalue weighted by atomic mass is 9.99. The van der Waals surface area contributed by atoms with Gasteiger partial charge in [-0.15, -0.1) is 0 Å². The molecular formula is C43H70N6O19. The van der Waals surface area contributed by atoms with E-state index in [9.17, 15) is 69.6 Å². The molecule has 2 aliphatic heterocycles. The summed E-state index contributed by atoms with van der Waals surface area (Å²) in [5.41, 5.74) is 0.727. The molecule has 0 spiro atoms. The largest absolute Gasteiger partial charge is 0.445 e. The monoisotopic (exact) mass is 974 g/mol. The zero-order valence-electron chi connectivity index (χ0n) is 38.0. The van der Waals surface area contributed by atoms with E-state index in [0.717, 1.165) is 10.5 Å². The second-order valence-electron chi connectivity index (χ2n) is 16.2. The number of nitrogens with one attached hydrogen (secondary N) is 5.